The summed E-state index contributed by atoms with van der Waals surface area (Å²) >= 11 is 1.97. The van der Waals surface area contributed by atoms with Gasteiger partial charge in [0.2, 0.25) is 0 Å². The number of pyridine rings is 1. The average Bonchev–Trinajstić information content (AvgIpc) is 3.00. The number of ether oxygens (including phenoxy) is 1. The van der Waals surface area contributed by atoms with E-state index in [1.165, 1.54) is 19.3 Å². The predicted molar refractivity (Wildman–Crippen MR) is 109 cm³/mol. The minimum Gasteiger partial charge on any atom is -0.490 e. The minimum absolute atomic E-state index is 0. The molecule has 1 heterocycles. The number of aliphatic imine (C=N–C) groups is 1. The molecule has 1 aromatic rings. The van der Waals surface area contributed by atoms with Crippen LogP contribution in [0.4, 0.5) is 0 Å². The fourth-order valence-electron chi connectivity index (χ4n) is 2.55. The van der Waals surface area contributed by atoms with Crippen molar-refractivity contribution in [2.75, 3.05) is 26.0 Å². The van der Waals surface area contributed by atoms with Crippen molar-refractivity contribution >= 4 is 41.7 Å². The molecule has 2 N–H and O–H groups in total. The van der Waals surface area contributed by atoms with Crippen LogP contribution in [-0.2, 0) is 0 Å². The van der Waals surface area contributed by atoms with Crippen LogP contribution in [0, 0.1) is 0 Å². The third-order valence-corrected chi connectivity index (χ3v) is 4.76. The molecular weight excluding hydrogens is 423 g/mol. The van der Waals surface area contributed by atoms with Gasteiger partial charge in [-0.25, -0.2) is 4.99 Å². The number of aromatic nitrogens is 1. The molecule has 0 saturated heterocycles. The summed E-state index contributed by atoms with van der Waals surface area (Å²) in [4.78, 5) is 8.61. The molecule has 2 rings (SSSR count). The van der Waals surface area contributed by atoms with Gasteiger partial charge in [-0.3, -0.25) is 4.98 Å². The highest BCUT2D eigenvalue weighted by Gasteiger charge is 2.24. The predicted octanol–water partition coefficient (Wildman–Crippen LogP) is 2.92. The van der Waals surface area contributed by atoms with Crippen molar-refractivity contribution in [3.05, 3.63) is 24.5 Å². The normalized spacial score (nSPS) is 20.7. The maximum atomic E-state index is 5.61. The Morgan fingerprint density at radius 1 is 1.48 bits per heavy atom. The van der Waals surface area contributed by atoms with Gasteiger partial charge < -0.3 is 15.4 Å². The third-order valence-electron chi connectivity index (χ3n) is 3.67. The van der Waals surface area contributed by atoms with Crippen molar-refractivity contribution in [2.45, 2.75) is 37.5 Å². The van der Waals surface area contributed by atoms with Crippen LogP contribution in [0.25, 0.3) is 0 Å². The lowest BCUT2D eigenvalue weighted by molar-refractivity contribution is 0.327. The molecule has 7 heteroatoms. The first-order chi connectivity index (χ1) is 10.8. The van der Waals surface area contributed by atoms with Gasteiger partial charge in [-0.15, -0.1) is 24.0 Å². The lowest BCUT2D eigenvalue weighted by Crippen LogP contribution is -2.42. The molecule has 1 aromatic heterocycles. The molecule has 1 aliphatic carbocycles. The zero-order chi connectivity index (χ0) is 15.6. The lowest BCUT2D eigenvalue weighted by Gasteiger charge is -2.17. The van der Waals surface area contributed by atoms with E-state index in [4.69, 9.17) is 4.74 Å². The Morgan fingerprint density at radius 3 is 3.00 bits per heavy atom. The van der Waals surface area contributed by atoms with Crippen molar-refractivity contribution in [3.8, 4) is 5.75 Å². The number of hydrogen-bond donors (Lipinski definition) is 2. The van der Waals surface area contributed by atoms with E-state index >= 15 is 0 Å². The van der Waals surface area contributed by atoms with Crippen LogP contribution < -0.4 is 15.4 Å². The lowest BCUT2D eigenvalue weighted by atomic mass is 10.2. The first-order valence-electron chi connectivity index (χ1n) is 7.92. The smallest absolute Gasteiger partial charge is 0.191 e. The van der Waals surface area contributed by atoms with Crippen molar-refractivity contribution in [3.63, 3.8) is 0 Å². The molecule has 130 valence electrons. The van der Waals surface area contributed by atoms with Crippen LogP contribution in [0.15, 0.2) is 29.5 Å². The minimum atomic E-state index is 0. The molecule has 0 spiro atoms. The van der Waals surface area contributed by atoms with Crippen molar-refractivity contribution in [1.29, 1.82) is 0 Å². The Hall–Kier alpha value is -0.700. The first-order valence-corrected chi connectivity index (χ1v) is 9.21. The number of hydrogen-bond acceptors (Lipinski definition) is 4. The molecule has 2 atom stereocenters. The Balaban J connectivity index is 0.00000264. The van der Waals surface area contributed by atoms with Gasteiger partial charge in [0.05, 0.1) is 12.7 Å². The largest absolute Gasteiger partial charge is 0.490 e. The highest BCUT2D eigenvalue weighted by molar-refractivity contribution is 14.0. The van der Waals surface area contributed by atoms with E-state index in [9.17, 15) is 0 Å². The van der Waals surface area contributed by atoms with Crippen LogP contribution in [0.3, 0.4) is 0 Å². The van der Waals surface area contributed by atoms with Gasteiger partial charge in [-0.2, -0.15) is 11.8 Å². The number of rotatable bonds is 7. The molecule has 0 aliphatic heterocycles. The van der Waals surface area contributed by atoms with Gasteiger partial charge >= 0.3 is 0 Å². The molecule has 2 unspecified atom stereocenters. The summed E-state index contributed by atoms with van der Waals surface area (Å²) in [6, 6.07) is 4.31. The summed E-state index contributed by atoms with van der Waals surface area (Å²) in [5.74, 6) is 1.68. The number of halogens is 1. The number of thioether (sulfide) groups is 1. The maximum Gasteiger partial charge on any atom is 0.191 e. The second kappa shape index (κ2) is 11.8. The van der Waals surface area contributed by atoms with Gasteiger partial charge in [0.15, 0.2) is 5.96 Å². The first kappa shape index (κ1) is 20.3. The summed E-state index contributed by atoms with van der Waals surface area (Å²) < 4.78 is 5.61. The van der Waals surface area contributed by atoms with E-state index in [0.29, 0.717) is 19.2 Å². The van der Waals surface area contributed by atoms with Crippen LogP contribution >= 0.6 is 35.7 Å². The highest BCUT2D eigenvalue weighted by atomic mass is 127. The second-order valence-corrected chi connectivity index (χ2v) is 6.45. The van der Waals surface area contributed by atoms with Gasteiger partial charge in [0.25, 0.3) is 0 Å². The van der Waals surface area contributed by atoms with E-state index in [2.05, 4.69) is 33.8 Å². The van der Waals surface area contributed by atoms with Gasteiger partial charge in [0, 0.05) is 24.0 Å². The fraction of sp³-hybridized carbons (Fsp3) is 0.625. The molecule has 1 aliphatic rings. The number of nitrogens with zero attached hydrogens (tertiary/aromatic N) is 2. The van der Waals surface area contributed by atoms with E-state index in [-0.39, 0.29) is 24.0 Å². The summed E-state index contributed by atoms with van der Waals surface area (Å²) in [6.45, 7) is 4.14. The average molecular weight is 450 g/mol. The fourth-order valence-corrected chi connectivity index (χ4v) is 3.35. The van der Waals surface area contributed by atoms with Crippen LogP contribution in [0.5, 0.6) is 5.75 Å². The maximum absolute atomic E-state index is 5.61. The Bertz CT molecular complexity index is 461. The van der Waals surface area contributed by atoms with E-state index in [1.807, 2.05) is 23.9 Å². The topological polar surface area (TPSA) is 58.5 Å². The monoisotopic (exact) mass is 450 g/mol. The molecule has 1 fully saturated rings. The highest BCUT2D eigenvalue weighted by Crippen LogP contribution is 2.27. The van der Waals surface area contributed by atoms with E-state index in [1.54, 1.807) is 12.4 Å². The van der Waals surface area contributed by atoms with E-state index < -0.39 is 0 Å². The Labute approximate surface area is 160 Å². The van der Waals surface area contributed by atoms with Gasteiger partial charge in [-0.05, 0) is 44.6 Å². The zero-order valence-electron chi connectivity index (χ0n) is 13.8. The number of guanidine groups is 1. The zero-order valence-corrected chi connectivity index (χ0v) is 17.0. The molecule has 0 aromatic carbocycles. The molecule has 23 heavy (non-hydrogen) atoms. The van der Waals surface area contributed by atoms with Crippen molar-refractivity contribution in [2.24, 2.45) is 4.99 Å². The molecule has 0 radical (unpaired) electrons. The van der Waals surface area contributed by atoms with Crippen molar-refractivity contribution < 1.29 is 4.74 Å². The molecule has 0 bridgehead atoms. The summed E-state index contributed by atoms with van der Waals surface area (Å²) in [6.07, 6.45) is 9.39. The van der Waals surface area contributed by atoms with Gasteiger partial charge in [-0.1, -0.05) is 0 Å². The molecule has 1 saturated carbocycles. The Morgan fingerprint density at radius 2 is 2.35 bits per heavy atom. The Kier molecular flexibility index (Phi) is 10.4. The molecule has 0 amide bonds. The van der Waals surface area contributed by atoms with E-state index in [0.717, 1.165) is 23.5 Å². The molecular formula is C16H27IN4OS. The standard InChI is InChI=1S/C16H26N4OS.HI/c1-3-18-16(20-13-6-7-15(11-13)22-2)19-9-10-21-14-5-4-8-17-12-14;/h4-5,8,12-13,15H,3,6-7,9-11H2,1-2H3,(H2,18,19,20);1H. The van der Waals surface area contributed by atoms with Crippen LogP contribution in [-0.4, -0.2) is 48.2 Å². The SMILES string of the molecule is CCNC(=NCCOc1cccnc1)NC1CCC(SC)C1.I. The summed E-state index contributed by atoms with van der Waals surface area (Å²) in [7, 11) is 0. The quantitative estimate of drug-likeness (QED) is 0.290. The summed E-state index contributed by atoms with van der Waals surface area (Å²) in [5.41, 5.74) is 0. The van der Waals surface area contributed by atoms with Crippen molar-refractivity contribution in [1.82, 2.24) is 15.6 Å². The summed E-state index contributed by atoms with van der Waals surface area (Å²) in [5, 5.41) is 7.63. The molecule has 5 nitrogen and oxygen atoms in total. The number of nitrogens with one attached hydrogen (secondary N) is 2. The van der Waals surface area contributed by atoms with Gasteiger partial charge in [0.1, 0.15) is 12.4 Å². The second-order valence-electron chi connectivity index (χ2n) is 5.31. The van der Waals surface area contributed by atoms with Crippen LogP contribution in [0.2, 0.25) is 0 Å². The van der Waals surface area contributed by atoms with Crippen LogP contribution in [0.1, 0.15) is 26.2 Å². The third kappa shape index (κ3) is 7.60.